The minimum atomic E-state index is -0.822. The number of carbonyl (C=O) groups excluding carboxylic acids is 1. The van der Waals surface area contributed by atoms with Crippen LogP contribution in [0.1, 0.15) is 24.0 Å². The quantitative estimate of drug-likeness (QED) is 0.826. The Bertz CT molecular complexity index is 481. The first-order valence-corrected chi connectivity index (χ1v) is 6.92. The van der Waals surface area contributed by atoms with Gasteiger partial charge in [-0.15, -0.1) is 0 Å². The number of rotatable bonds is 2. The number of benzene rings is 1. The van der Waals surface area contributed by atoms with Crippen LogP contribution in [-0.2, 0) is 22.4 Å². The van der Waals surface area contributed by atoms with E-state index in [0.29, 0.717) is 19.6 Å². The molecule has 3 rings (SSSR count). The second-order valence-electron chi connectivity index (χ2n) is 5.64. The average Bonchev–Trinajstić information content (AvgIpc) is 2.87. The third kappa shape index (κ3) is 2.51. The smallest absolute Gasteiger partial charge is 0.242 e. The van der Waals surface area contributed by atoms with Gasteiger partial charge in [0.1, 0.15) is 5.54 Å². The molecule has 0 saturated carbocycles. The molecule has 1 aliphatic heterocycles. The van der Waals surface area contributed by atoms with Crippen LogP contribution in [0.4, 0.5) is 0 Å². The summed E-state index contributed by atoms with van der Waals surface area (Å²) in [5, 5.41) is 3.10. The predicted octanol–water partition coefficient (Wildman–Crippen LogP) is 0.778. The lowest BCUT2D eigenvalue weighted by atomic mass is 9.87. The number of carbonyl (C=O) groups is 1. The second kappa shape index (κ2) is 4.94. The number of amides is 1. The molecular formula is C15H20N2O2. The Morgan fingerprint density at radius 3 is 2.89 bits per heavy atom. The Morgan fingerprint density at radius 1 is 1.37 bits per heavy atom. The van der Waals surface area contributed by atoms with Crippen LogP contribution in [-0.4, -0.2) is 30.7 Å². The fraction of sp³-hybridized carbons (Fsp3) is 0.533. The average molecular weight is 260 g/mol. The van der Waals surface area contributed by atoms with Gasteiger partial charge in [0.05, 0.1) is 6.61 Å². The largest absolute Gasteiger partial charge is 0.379 e. The van der Waals surface area contributed by atoms with Crippen LogP contribution in [0, 0.1) is 0 Å². The molecule has 19 heavy (non-hydrogen) atoms. The van der Waals surface area contributed by atoms with Crippen molar-refractivity contribution in [3.63, 3.8) is 0 Å². The van der Waals surface area contributed by atoms with E-state index in [9.17, 15) is 4.79 Å². The minimum absolute atomic E-state index is 0.0608. The van der Waals surface area contributed by atoms with Gasteiger partial charge in [0.15, 0.2) is 0 Å². The lowest BCUT2D eigenvalue weighted by molar-refractivity contribution is -0.127. The third-order valence-electron chi connectivity index (χ3n) is 4.19. The second-order valence-corrected chi connectivity index (χ2v) is 5.64. The van der Waals surface area contributed by atoms with Crippen LogP contribution >= 0.6 is 0 Å². The lowest BCUT2D eigenvalue weighted by Gasteiger charge is -2.29. The molecule has 1 amide bonds. The maximum Gasteiger partial charge on any atom is 0.242 e. The van der Waals surface area contributed by atoms with Gasteiger partial charge in [-0.1, -0.05) is 24.3 Å². The highest BCUT2D eigenvalue weighted by Crippen LogP contribution is 2.22. The lowest BCUT2D eigenvalue weighted by Crippen LogP contribution is -2.57. The van der Waals surface area contributed by atoms with E-state index in [1.807, 2.05) is 0 Å². The molecular weight excluding hydrogens is 240 g/mol. The van der Waals surface area contributed by atoms with Crippen molar-refractivity contribution in [2.75, 3.05) is 13.2 Å². The highest BCUT2D eigenvalue weighted by molar-refractivity contribution is 5.86. The number of fused-ring (bicyclic) bond motifs is 1. The molecule has 1 aliphatic carbocycles. The maximum atomic E-state index is 12.2. The topological polar surface area (TPSA) is 64.4 Å². The molecule has 102 valence electrons. The summed E-state index contributed by atoms with van der Waals surface area (Å²) in [5.74, 6) is -0.0608. The monoisotopic (exact) mass is 260 g/mol. The molecule has 0 aromatic heterocycles. The Labute approximate surface area is 113 Å². The van der Waals surface area contributed by atoms with Crippen LogP contribution in [0.5, 0.6) is 0 Å². The maximum absolute atomic E-state index is 12.2. The molecule has 4 nitrogen and oxygen atoms in total. The standard InChI is InChI=1S/C15H20N2O2/c16-15(7-8-19-10-15)14(18)17-13-6-5-11-3-1-2-4-12(11)9-13/h1-4,13H,5-10,16H2,(H,17,18). The molecule has 2 atom stereocenters. The SMILES string of the molecule is NC1(C(=O)NC2CCc3ccccc3C2)CCOC1. The van der Waals surface area contributed by atoms with E-state index in [0.717, 1.165) is 19.3 Å². The van der Waals surface area contributed by atoms with Crippen LogP contribution < -0.4 is 11.1 Å². The summed E-state index contributed by atoms with van der Waals surface area (Å²) < 4.78 is 5.24. The van der Waals surface area contributed by atoms with Crippen molar-refractivity contribution in [1.29, 1.82) is 0 Å². The van der Waals surface area contributed by atoms with E-state index >= 15 is 0 Å². The van der Waals surface area contributed by atoms with Crippen molar-refractivity contribution >= 4 is 5.91 Å². The molecule has 4 heteroatoms. The summed E-state index contributed by atoms with van der Waals surface area (Å²) in [4.78, 5) is 12.2. The van der Waals surface area contributed by atoms with Crippen LogP contribution in [0.2, 0.25) is 0 Å². The predicted molar refractivity (Wildman–Crippen MR) is 72.8 cm³/mol. The summed E-state index contributed by atoms with van der Waals surface area (Å²) >= 11 is 0. The molecule has 2 unspecified atom stereocenters. The van der Waals surface area contributed by atoms with E-state index in [4.69, 9.17) is 10.5 Å². The van der Waals surface area contributed by atoms with E-state index in [-0.39, 0.29) is 11.9 Å². The van der Waals surface area contributed by atoms with E-state index in [1.54, 1.807) is 0 Å². The molecule has 1 aromatic rings. The normalized spacial score (nSPS) is 29.8. The first-order chi connectivity index (χ1) is 9.17. The molecule has 1 fully saturated rings. The summed E-state index contributed by atoms with van der Waals surface area (Å²) in [6.45, 7) is 0.916. The van der Waals surface area contributed by atoms with Crippen molar-refractivity contribution in [2.24, 2.45) is 5.73 Å². The van der Waals surface area contributed by atoms with E-state index < -0.39 is 5.54 Å². The van der Waals surface area contributed by atoms with Crippen molar-refractivity contribution in [3.05, 3.63) is 35.4 Å². The highest BCUT2D eigenvalue weighted by Gasteiger charge is 2.39. The van der Waals surface area contributed by atoms with Gasteiger partial charge in [-0.05, 0) is 36.8 Å². The fourth-order valence-corrected chi connectivity index (χ4v) is 2.91. The van der Waals surface area contributed by atoms with Gasteiger partial charge in [-0.2, -0.15) is 0 Å². The van der Waals surface area contributed by atoms with E-state index in [2.05, 4.69) is 29.6 Å². The van der Waals surface area contributed by atoms with Crippen LogP contribution in [0.25, 0.3) is 0 Å². The molecule has 2 aliphatic rings. The molecule has 0 bridgehead atoms. The van der Waals surface area contributed by atoms with Gasteiger partial charge in [0.25, 0.3) is 0 Å². The number of nitrogens with one attached hydrogen (secondary N) is 1. The Morgan fingerprint density at radius 2 is 2.16 bits per heavy atom. The van der Waals surface area contributed by atoms with Gasteiger partial charge in [0.2, 0.25) is 5.91 Å². The van der Waals surface area contributed by atoms with Crippen molar-refractivity contribution < 1.29 is 9.53 Å². The molecule has 3 N–H and O–H groups in total. The molecule has 1 aromatic carbocycles. The van der Waals surface area contributed by atoms with Gasteiger partial charge in [-0.3, -0.25) is 4.79 Å². The Kier molecular flexibility index (Phi) is 3.29. The molecule has 1 saturated heterocycles. The van der Waals surface area contributed by atoms with Gasteiger partial charge >= 0.3 is 0 Å². The summed E-state index contributed by atoms with van der Waals surface area (Å²) in [7, 11) is 0. The zero-order valence-electron chi connectivity index (χ0n) is 11.0. The zero-order valence-corrected chi connectivity index (χ0v) is 11.0. The summed E-state index contributed by atoms with van der Waals surface area (Å²) in [6, 6.07) is 8.64. The number of hydrogen-bond donors (Lipinski definition) is 2. The summed E-state index contributed by atoms with van der Waals surface area (Å²) in [6.07, 6.45) is 3.52. The molecule has 0 spiro atoms. The van der Waals surface area contributed by atoms with Crippen LogP contribution in [0.15, 0.2) is 24.3 Å². The zero-order chi connectivity index (χ0) is 13.3. The molecule has 0 radical (unpaired) electrons. The Hall–Kier alpha value is -1.39. The van der Waals surface area contributed by atoms with Crippen molar-refractivity contribution in [1.82, 2.24) is 5.32 Å². The first kappa shape index (κ1) is 12.6. The minimum Gasteiger partial charge on any atom is -0.379 e. The Balaban J connectivity index is 1.64. The van der Waals surface area contributed by atoms with Gasteiger partial charge in [-0.25, -0.2) is 0 Å². The number of hydrogen-bond acceptors (Lipinski definition) is 3. The van der Waals surface area contributed by atoms with Crippen molar-refractivity contribution in [3.8, 4) is 0 Å². The fourth-order valence-electron chi connectivity index (χ4n) is 2.91. The van der Waals surface area contributed by atoms with E-state index in [1.165, 1.54) is 11.1 Å². The third-order valence-corrected chi connectivity index (χ3v) is 4.19. The van der Waals surface area contributed by atoms with Crippen LogP contribution in [0.3, 0.4) is 0 Å². The molecule has 1 heterocycles. The van der Waals surface area contributed by atoms with Crippen molar-refractivity contribution in [2.45, 2.75) is 37.3 Å². The first-order valence-electron chi connectivity index (χ1n) is 6.92. The number of aryl methyl sites for hydroxylation is 1. The number of nitrogens with two attached hydrogens (primary N) is 1. The summed E-state index contributed by atoms with van der Waals surface area (Å²) in [5.41, 5.74) is 8.00. The number of ether oxygens (including phenoxy) is 1. The van der Waals surface area contributed by atoms with Gasteiger partial charge < -0.3 is 15.8 Å². The highest BCUT2D eigenvalue weighted by atomic mass is 16.5. The van der Waals surface area contributed by atoms with Gasteiger partial charge in [0, 0.05) is 12.6 Å².